The lowest BCUT2D eigenvalue weighted by Crippen LogP contribution is -2.40. The van der Waals surface area contributed by atoms with E-state index in [2.05, 4.69) is 16.8 Å². The SMILES string of the molecule is CCC1CCCCN1c1cnc(N)cc1C(=O)O. The molecule has 3 N–H and O–H groups in total. The Morgan fingerprint density at radius 1 is 1.61 bits per heavy atom. The average molecular weight is 249 g/mol. The van der Waals surface area contributed by atoms with Gasteiger partial charge in [0.15, 0.2) is 0 Å². The maximum Gasteiger partial charge on any atom is 0.338 e. The molecule has 0 bridgehead atoms. The Balaban J connectivity index is 2.39. The van der Waals surface area contributed by atoms with Gasteiger partial charge in [-0.25, -0.2) is 9.78 Å². The number of hydrogen-bond acceptors (Lipinski definition) is 4. The fourth-order valence-corrected chi connectivity index (χ4v) is 2.61. The highest BCUT2D eigenvalue weighted by Crippen LogP contribution is 2.29. The number of aromatic carboxylic acids is 1. The number of carboxylic acids is 1. The highest BCUT2D eigenvalue weighted by molar-refractivity contribution is 5.95. The second-order valence-electron chi connectivity index (χ2n) is 4.68. The number of nitrogen functional groups attached to an aromatic ring is 1. The van der Waals surface area contributed by atoms with Crippen molar-refractivity contribution in [1.82, 2.24) is 4.98 Å². The van der Waals surface area contributed by atoms with Gasteiger partial charge in [-0.3, -0.25) is 0 Å². The zero-order valence-corrected chi connectivity index (χ0v) is 10.6. The maximum absolute atomic E-state index is 11.3. The number of piperidine rings is 1. The summed E-state index contributed by atoms with van der Waals surface area (Å²) in [6, 6.07) is 1.85. The van der Waals surface area contributed by atoms with Crippen LogP contribution in [-0.4, -0.2) is 28.6 Å². The fraction of sp³-hybridized carbons (Fsp3) is 0.538. The summed E-state index contributed by atoms with van der Waals surface area (Å²) in [5, 5.41) is 9.27. The Hall–Kier alpha value is -1.78. The second kappa shape index (κ2) is 5.25. The quantitative estimate of drug-likeness (QED) is 0.857. The second-order valence-corrected chi connectivity index (χ2v) is 4.68. The molecule has 1 aliphatic rings. The minimum absolute atomic E-state index is 0.251. The molecule has 0 aliphatic carbocycles. The van der Waals surface area contributed by atoms with Crippen molar-refractivity contribution in [2.45, 2.75) is 38.6 Å². The Labute approximate surface area is 107 Å². The Morgan fingerprint density at radius 2 is 2.39 bits per heavy atom. The molecule has 1 saturated heterocycles. The lowest BCUT2D eigenvalue weighted by Gasteiger charge is -2.37. The van der Waals surface area contributed by atoms with E-state index in [4.69, 9.17) is 5.73 Å². The number of hydrogen-bond donors (Lipinski definition) is 2. The Bertz CT molecular complexity index is 448. The summed E-state index contributed by atoms with van der Waals surface area (Å²) in [5.74, 6) is -0.694. The van der Waals surface area contributed by atoms with Gasteiger partial charge in [-0.2, -0.15) is 0 Å². The summed E-state index contributed by atoms with van der Waals surface area (Å²) in [7, 11) is 0. The lowest BCUT2D eigenvalue weighted by molar-refractivity contribution is 0.0697. The molecular weight excluding hydrogens is 230 g/mol. The van der Waals surface area contributed by atoms with Crippen molar-refractivity contribution in [3.8, 4) is 0 Å². The van der Waals surface area contributed by atoms with E-state index in [0.29, 0.717) is 11.7 Å². The number of anilines is 2. The smallest absolute Gasteiger partial charge is 0.338 e. The minimum Gasteiger partial charge on any atom is -0.478 e. The van der Waals surface area contributed by atoms with Gasteiger partial charge < -0.3 is 15.7 Å². The van der Waals surface area contributed by atoms with Crippen molar-refractivity contribution in [1.29, 1.82) is 0 Å². The predicted molar refractivity (Wildman–Crippen MR) is 70.9 cm³/mol. The Morgan fingerprint density at radius 3 is 3.06 bits per heavy atom. The molecule has 5 nitrogen and oxygen atoms in total. The van der Waals surface area contributed by atoms with Crippen molar-refractivity contribution >= 4 is 17.5 Å². The molecule has 0 amide bonds. The van der Waals surface area contributed by atoms with E-state index in [1.807, 2.05) is 0 Å². The predicted octanol–water partition coefficient (Wildman–Crippen LogP) is 2.13. The van der Waals surface area contributed by atoms with E-state index < -0.39 is 5.97 Å². The zero-order valence-electron chi connectivity index (χ0n) is 10.6. The molecule has 1 atom stereocenters. The first-order valence-corrected chi connectivity index (χ1v) is 6.39. The highest BCUT2D eigenvalue weighted by Gasteiger charge is 2.25. The van der Waals surface area contributed by atoms with E-state index >= 15 is 0 Å². The largest absolute Gasteiger partial charge is 0.478 e. The summed E-state index contributed by atoms with van der Waals surface area (Å²) in [6.07, 6.45) is 6.02. The molecule has 1 aromatic heterocycles. The van der Waals surface area contributed by atoms with E-state index in [0.717, 1.165) is 25.8 Å². The van der Waals surface area contributed by atoms with Gasteiger partial charge in [0.25, 0.3) is 0 Å². The van der Waals surface area contributed by atoms with Crippen LogP contribution in [0.1, 0.15) is 43.0 Å². The molecule has 2 rings (SSSR count). The first kappa shape index (κ1) is 12.7. The van der Waals surface area contributed by atoms with Crippen LogP contribution in [0.15, 0.2) is 12.3 Å². The molecule has 0 spiro atoms. The molecule has 0 aromatic carbocycles. The van der Waals surface area contributed by atoms with Crippen molar-refractivity contribution in [2.24, 2.45) is 0 Å². The number of nitrogens with two attached hydrogens (primary N) is 1. The van der Waals surface area contributed by atoms with Gasteiger partial charge in [0, 0.05) is 12.6 Å². The molecule has 1 fully saturated rings. The summed E-state index contributed by atoms with van der Waals surface area (Å²) in [6.45, 7) is 3.03. The van der Waals surface area contributed by atoms with Gasteiger partial charge in [0.1, 0.15) is 5.82 Å². The first-order valence-electron chi connectivity index (χ1n) is 6.39. The molecule has 2 heterocycles. The van der Waals surface area contributed by atoms with Crippen molar-refractivity contribution in [2.75, 3.05) is 17.2 Å². The third-order valence-electron chi connectivity index (χ3n) is 3.54. The molecule has 18 heavy (non-hydrogen) atoms. The Kier molecular flexibility index (Phi) is 3.69. The van der Waals surface area contributed by atoms with Crippen LogP contribution in [0.2, 0.25) is 0 Å². The summed E-state index contributed by atoms with van der Waals surface area (Å²) < 4.78 is 0. The lowest BCUT2D eigenvalue weighted by atomic mass is 9.98. The van der Waals surface area contributed by atoms with Gasteiger partial charge >= 0.3 is 5.97 Å². The third-order valence-corrected chi connectivity index (χ3v) is 3.54. The number of nitrogens with zero attached hydrogens (tertiary/aromatic N) is 2. The molecule has 1 unspecified atom stereocenters. The van der Waals surface area contributed by atoms with Crippen LogP contribution in [0, 0.1) is 0 Å². The zero-order chi connectivity index (χ0) is 13.1. The van der Waals surface area contributed by atoms with Crippen LogP contribution < -0.4 is 10.6 Å². The summed E-state index contributed by atoms with van der Waals surface area (Å²) in [5.41, 5.74) is 6.52. The standard InChI is InChI=1S/C13H19N3O2/c1-2-9-5-3-4-6-16(9)11-8-15-12(14)7-10(11)13(17)18/h7-9H,2-6H2,1H3,(H2,14,15)(H,17,18). The van der Waals surface area contributed by atoms with E-state index in [1.54, 1.807) is 6.20 Å². The van der Waals surface area contributed by atoms with E-state index in [-0.39, 0.29) is 11.4 Å². The topological polar surface area (TPSA) is 79.5 Å². The molecule has 0 radical (unpaired) electrons. The van der Waals surface area contributed by atoms with Gasteiger partial charge in [0.05, 0.1) is 17.4 Å². The van der Waals surface area contributed by atoms with Crippen LogP contribution in [0.3, 0.4) is 0 Å². The number of carbonyl (C=O) groups is 1. The summed E-state index contributed by atoms with van der Waals surface area (Å²) in [4.78, 5) is 17.5. The van der Waals surface area contributed by atoms with Crippen molar-refractivity contribution in [3.63, 3.8) is 0 Å². The molecule has 5 heteroatoms. The van der Waals surface area contributed by atoms with Crippen LogP contribution in [0.5, 0.6) is 0 Å². The van der Waals surface area contributed by atoms with Crippen LogP contribution in [-0.2, 0) is 0 Å². The normalized spacial score (nSPS) is 19.8. The van der Waals surface area contributed by atoms with Gasteiger partial charge in [-0.15, -0.1) is 0 Å². The maximum atomic E-state index is 11.3. The van der Waals surface area contributed by atoms with Gasteiger partial charge in [-0.05, 0) is 31.7 Å². The van der Waals surface area contributed by atoms with Crippen LogP contribution in [0.25, 0.3) is 0 Å². The molecule has 0 saturated carbocycles. The molecular formula is C13H19N3O2. The van der Waals surface area contributed by atoms with Gasteiger partial charge in [-0.1, -0.05) is 6.92 Å². The van der Waals surface area contributed by atoms with Gasteiger partial charge in [0.2, 0.25) is 0 Å². The number of pyridine rings is 1. The minimum atomic E-state index is -0.945. The molecule has 1 aliphatic heterocycles. The third kappa shape index (κ3) is 2.39. The van der Waals surface area contributed by atoms with Crippen LogP contribution in [0.4, 0.5) is 11.5 Å². The molecule has 1 aromatic rings. The monoisotopic (exact) mass is 249 g/mol. The number of carboxylic acid groups (broad SMARTS) is 1. The number of aromatic nitrogens is 1. The summed E-state index contributed by atoms with van der Waals surface area (Å²) >= 11 is 0. The highest BCUT2D eigenvalue weighted by atomic mass is 16.4. The fourth-order valence-electron chi connectivity index (χ4n) is 2.61. The van der Waals surface area contributed by atoms with Crippen molar-refractivity contribution < 1.29 is 9.90 Å². The van der Waals surface area contributed by atoms with E-state index in [1.165, 1.54) is 12.5 Å². The molecule has 98 valence electrons. The van der Waals surface area contributed by atoms with E-state index in [9.17, 15) is 9.90 Å². The first-order chi connectivity index (χ1) is 8.63. The number of rotatable bonds is 3. The van der Waals surface area contributed by atoms with Crippen LogP contribution >= 0.6 is 0 Å². The average Bonchev–Trinajstić information content (AvgIpc) is 2.38. The van der Waals surface area contributed by atoms with Crippen molar-refractivity contribution in [3.05, 3.63) is 17.8 Å².